The van der Waals surface area contributed by atoms with Gasteiger partial charge in [0.25, 0.3) is 0 Å². The molecule has 3 nitrogen and oxygen atoms in total. The maximum atomic E-state index is 13.0. The summed E-state index contributed by atoms with van der Waals surface area (Å²) in [6, 6.07) is 4.13. The van der Waals surface area contributed by atoms with E-state index >= 15 is 0 Å². The molecule has 5 heteroatoms. The normalized spacial score (nSPS) is 20.1. The molecular weight excluding hydrogens is 289 g/mol. The van der Waals surface area contributed by atoms with Crippen LogP contribution in [0.15, 0.2) is 18.2 Å². The van der Waals surface area contributed by atoms with Crippen molar-refractivity contribution in [1.82, 2.24) is 0 Å². The number of carbonyl (C=O) groups is 1. The van der Waals surface area contributed by atoms with Crippen LogP contribution < -0.4 is 4.90 Å². The van der Waals surface area contributed by atoms with Gasteiger partial charge < -0.3 is 10.0 Å². The van der Waals surface area contributed by atoms with Crippen molar-refractivity contribution in [3.05, 3.63) is 29.6 Å². The number of halogens is 2. The van der Waals surface area contributed by atoms with Crippen molar-refractivity contribution in [1.29, 1.82) is 0 Å². The first-order valence-corrected chi connectivity index (χ1v) is 6.53. The molecule has 1 fully saturated rings. The highest BCUT2D eigenvalue weighted by atomic mass is 79.9. The molecule has 1 aliphatic rings. The van der Waals surface area contributed by atoms with E-state index in [1.54, 1.807) is 11.0 Å². The van der Waals surface area contributed by atoms with Gasteiger partial charge in [-0.2, -0.15) is 0 Å². The number of hydrogen-bond donors (Lipinski definition) is 1. The van der Waals surface area contributed by atoms with Crippen molar-refractivity contribution >= 4 is 27.5 Å². The first kappa shape index (κ1) is 12.5. The summed E-state index contributed by atoms with van der Waals surface area (Å²) in [6.45, 7) is 0.346. The number of alkyl halides is 1. The summed E-state index contributed by atoms with van der Waals surface area (Å²) in [5, 5.41) is 9.97. The van der Waals surface area contributed by atoms with Gasteiger partial charge in [0.15, 0.2) is 0 Å². The largest absolute Gasteiger partial charge is 0.392 e. The number of benzene rings is 1. The van der Waals surface area contributed by atoms with Crippen molar-refractivity contribution in [2.45, 2.75) is 13.0 Å². The summed E-state index contributed by atoms with van der Waals surface area (Å²) in [5.41, 5.74) is 1.07. The van der Waals surface area contributed by atoms with E-state index in [0.29, 0.717) is 24.2 Å². The second-order valence-electron chi connectivity index (χ2n) is 4.16. The highest BCUT2D eigenvalue weighted by Crippen LogP contribution is 2.29. The number of hydrogen-bond acceptors (Lipinski definition) is 2. The fourth-order valence-corrected chi connectivity index (χ4v) is 2.50. The third-order valence-corrected chi connectivity index (χ3v) is 3.84. The van der Waals surface area contributed by atoms with E-state index in [9.17, 15) is 14.3 Å². The standard InChI is InChI=1S/C12H13BrFNO2/c13-5-8-3-12(17)15(6-8)11-2-1-10(14)4-9(11)7-16/h1-2,4,8,16H,3,5-7H2. The van der Waals surface area contributed by atoms with Crippen LogP contribution in [0, 0.1) is 11.7 Å². The van der Waals surface area contributed by atoms with E-state index in [1.165, 1.54) is 12.1 Å². The monoisotopic (exact) mass is 301 g/mol. The Labute approximate surface area is 107 Å². The predicted molar refractivity (Wildman–Crippen MR) is 66.6 cm³/mol. The number of anilines is 1. The van der Waals surface area contributed by atoms with E-state index in [-0.39, 0.29) is 18.4 Å². The van der Waals surface area contributed by atoms with Crippen LogP contribution in [0.2, 0.25) is 0 Å². The lowest BCUT2D eigenvalue weighted by molar-refractivity contribution is -0.117. The molecule has 1 heterocycles. The Bertz CT molecular complexity index is 439. The fraction of sp³-hybridized carbons (Fsp3) is 0.417. The molecule has 0 spiro atoms. The van der Waals surface area contributed by atoms with Gasteiger partial charge in [0.1, 0.15) is 5.82 Å². The lowest BCUT2D eigenvalue weighted by Gasteiger charge is -2.19. The number of aliphatic hydroxyl groups excluding tert-OH is 1. The SMILES string of the molecule is O=C1CC(CBr)CN1c1ccc(F)cc1CO. The Balaban J connectivity index is 2.31. The number of aliphatic hydroxyl groups is 1. The highest BCUT2D eigenvalue weighted by molar-refractivity contribution is 9.09. The minimum absolute atomic E-state index is 0.0239. The molecule has 0 aliphatic carbocycles. The second-order valence-corrected chi connectivity index (χ2v) is 4.81. The van der Waals surface area contributed by atoms with Crippen LogP contribution in [0.5, 0.6) is 0 Å². The first-order chi connectivity index (χ1) is 8.15. The molecule has 1 N–H and O–H groups in total. The summed E-state index contributed by atoms with van der Waals surface area (Å²) in [5.74, 6) is -0.101. The molecule has 1 atom stereocenters. The summed E-state index contributed by atoms with van der Waals surface area (Å²) in [7, 11) is 0. The third kappa shape index (κ3) is 2.50. The smallest absolute Gasteiger partial charge is 0.227 e. The van der Waals surface area contributed by atoms with Crippen LogP contribution in [0.25, 0.3) is 0 Å². The van der Waals surface area contributed by atoms with Gasteiger partial charge in [0.2, 0.25) is 5.91 Å². The lowest BCUT2D eigenvalue weighted by Crippen LogP contribution is -2.25. The van der Waals surface area contributed by atoms with Crippen LogP contribution in [-0.2, 0) is 11.4 Å². The quantitative estimate of drug-likeness (QED) is 0.868. The van der Waals surface area contributed by atoms with E-state index in [4.69, 9.17) is 0 Å². The van der Waals surface area contributed by atoms with Gasteiger partial charge in [-0.1, -0.05) is 15.9 Å². The van der Waals surface area contributed by atoms with E-state index in [1.807, 2.05) is 0 Å². The summed E-state index contributed by atoms with van der Waals surface area (Å²) in [6.07, 6.45) is 0.494. The van der Waals surface area contributed by atoms with Gasteiger partial charge in [-0.15, -0.1) is 0 Å². The zero-order valence-corrected chi connectivity index (χ0v) is 10.8. The molecule has 1 aliphatic heterocycles. The third-order valence-electron chi connectivity index (χ3n) is 2.93. The summed E-state index contributed by atoms with van der Waals surface area (Å²) < 4.78 is 13.0. The van der Waals surface area contributed by atoms with Crippen LogP contribution in [0.4, 0.5) is 10.1 Å². The van der Waals surface area contributed by atoms with Crippen molar-refractivity contribution in [3.8, 4) is 0 Å². The highest BCUT2D eigenvalue weighted by Gasteiger charge is 2.30. The molecular formula is C12H13BrFNO2. The van der Waals surface area contributed by atoms with Gasteiger partial charge in [0.05, 0.1) is 6.61 Å². The van der Waals surface area contributed by atoms with Crippen LogP contribution in [-0.4, -0.2) is 22.9 Å². The molecule has 1 saturated heterocycles. The van der Waals surface area contributed by atoms with Gasteiger partial charge >= 0.3 is 0 Å². The van der Waals surface area contributed by atoms with Gasteiger partial charge in [-0.3, -0.25) is 4.79 Å². The zero-order valence-electron chi connectivity index (χ0n) is 9.20. The summed E-state index contributed by atoms with van der Waals surface area (Å²) >= 11 is 3.36. The molecule has 1 aromatic carbocycles. The van der Waals surface area contributed by atoms with Gasteiger partial charge in [-0.25, -0.2) is 4.39 Å². The molecule has 0 radical (unpaired) electrons. The Hall–Kier alpha value is -0.940. The maximum absolute atomic E-state index is 13.0. The Morgan fingerprint density at radius 3 is 2.88 bits per heavy atom. The van der Waals surface area contributed by atoms with Crippen molar-refractivity contribution in [3.63, 3.8) is 0 Å². The van der Waals surface area contributed by atoms with Crippen LogP contribution >= 0.6 is 15.9 Å². The maximum Gasteiger partial charge on any atom is 0.227 e. The molecule has 2 rings (SSSR count). The first-order valence-electron chi connectivity index (χ1n) is 5.41. The number of carbonyl (C=O) groups excluding carboxylic acids is 1. The van der Waals surface area contributed by atoms with E-state index in [2.05, 4.69) is 15.9 Å². The van der Waals surface area contributed by atoms with Crippen molar-refractivity contribution in [2.75, 3.05) is 16.8 Å². The molecule has 1 unspecified atom stereocenters. The van der Waals surface area contributed by atoms with Gasteiger partial charge in [-0.05, 0) is 24.1 Å². The van der Waals surface area contributed by atoms with Gasteiger partial charge in [0, 0.05) is 29.5 Å². The Kier molecular flexibility index (Phi) is 3.79. The predicted octanol–water partition coefficient (Wildman–Crippen LogP) is 2.07. The number of rotatable bonds is 3. The molecule has 0 bridgehead atoms. The second kappa shape index (κ2) is 5.14. The molecule has 17 heavy (non-hydrogen) atoms. The Morgan fingerprint density at radius 2 is 2.29 bits per heavy atom. The fourth-order valence-electron chi connectivity index (χ4n) is 2.06. The lowest BCUT2D eigenvalue weighted by atomic mass is 10.1. The minimum Gasteiger partial charge on any atom is -0.392 e. The molecule has 0 saturated carbocycles. The number of amides is 1. The molecule has 92 valence electrons. The van der Waals surface area contributed by atoms with Crippen LogP contribution in [0.1, 0.15) is 12.0 Å². The van der Waals surface area contributed by atoms with E-state index in [0.717, 1.165) is 5.33 Å². The van der Waals surface area contributed by atoms with Crippen molar-refractivity contribution in [2.24, 2.45) is 5.92 Å². The molecule has 1 amide bonds. The Morgan fingerprint density at radius 1 is 1.53 bits per heavy atom. The van der Waals surface area contributed by atoms with Crippen LogP contribution in [0.3, 0.4) is 0 Å². The molecule has 0 aromatic heterocycles. The topological polar surface area (TPSA) is 40.5 Å². The minimum atomic E-state index is -0.401. The van der Waals surface area contributed by atoms with E-state index < -0.39 is 5.82 Å². The van der Waals surface area contributed by atoms with Crippen molar-refractivity contribution < 1.29 is 14.3 Å². The molecule has 1 aromatic rings. The average Bonchev–Trinajstić information content (AvgIpc) is 2.70. The average molecular weight is 302 g/mol. The summed E-state index contributed by atoms with van der Waals surface area (Å²) in [4.78, 5) is 13.4. The zero-order chi connectivity index (χ0) is 12.4. The number of nitrogens with zero attached hydrogens (tertiary/aromatic N) is 1.